The maximum atomic E-state index is 11.9. The van der Waals surface area contributed by atoms with Crippen molar-refractivity contribution in [3.8, 4) is 18.1 Å². The molecule has 0 atom stereocenters. The van der Waals surface area contributed by atoms with Gasteiger partial charge in [0.05, 0.1) is 0 Å². The van der Waals surface area contributed by atoms with E-state index in [2.05, 4.69) is 16.6 Å². The Hall–Kier alpha value is -2.77. The van der Waals surface area contributed by atoms with Gasteiger partial charge in [0, 0.05) is 30.8 Å². The van der Waals surface area contributed by atoms with Gasteiger partial charge < -0.3 is 15.4 Å². The number of carbonyl (C=O) groups is 1. The Kier molecular flexibility index (Phi) is 6.88. The number of hydrogen-bond acceptors (Lipinski definition) is 3. The number of para-hydroxylation sites is 1. The zero-order valence-corrected chi connectivity index (χ0v) is 13.8. The Morgan fingerprint density at radius 3 is 2.79 bits per heavy atom. The molecule has 0 aliphatic rings. The van der Waals surface area contributed by atoms with Gasteiger partial charge in [0.1, 0.15) is 12.4 Å². The summed E-state index contributed by atoms with van der Waals surface area (Å²) in [5, 5.41) is 6.18. The van der Waals surface area contributed by atoms with E-state index in [-0.39, 0.29) is 12.5 Å². The Bertz CT molecular complexity index is 720. The number of ether oxygens (including phenoxy) is 1. The van der Waals surface area contributed by atoms with E-state index in [1.54, 1.807) is 0 Å². The third-order valence-corrected chi connectivity index (χ3v) is 3.45. The van der Waals surface area contributed by atoms with Crippen LogP contribution in [0.15, 0.2) is 48.5 Å². The van der Waals surface area contributed by atoms with Crippen LogP contribution >= 0.6 is 0 Å². The van der Waals surface area contributed by atoms with Crippen LogP contribution in [0.25, 0.3) is 0 Å². The van der Waals surface area contributed by atoms with Gasteiger partial charge in [0.15, 0.2) is 0 Å². The highest BCUT2D eigenvalue weighted by Gasteiger charge is 2.05. The minimum Gasteiger partial charge on any atom is -0.481 e. The SMILES string of the molecule is C#CCOc1ccccc1CNCc1cccc(C(=O)NCC)c1. The predicted molar refractivity (Wildman–Crippen MR) is 95.8 cm³/mol. The molecule has 0 aromatic heterocycles. The normalized spacial score (nSPS) is 10.0. The van der Waals surface area contributed by atoms with Gasteiger partial charge in [0.2, 0.25) is 0 Å². The van der Waals surface area contributed by atoms with Crippen molar-refractivity contribution in [3.05, 3.63) is 65.2 Å². The molecule has 1 amide bonds. The Labute approximate surface area is 143 Å². The lowest BCUT2D eigenvalue weighted by atomic mass is 10.1. The summed E-state index contributed by atoms with van der Waals surface area (Å²) in [5.41, 5.74) is 2.78. The second kappa shape index (κ2) is 9.39. The number of nitrogens with one attached hydrogen (secondary N) is 2. The summed E-state index contributed by atoms with van der Waals surface area (Å²) in [7, 11) is 0. The second-order valence-electron chi connectivity index (χ2n) is 5.26. The highest BCUT2D eigenvalue weighted by molar-refractivity contribution is 5.94. The first kappa shape index (κ1) is 17.6. The molecule has 4 nitrogen and oxygen atoms in total. The first-order valence-corrected chi connectivity index (χ1v) is 7.96. The number of amides is 1. The van der Waals surface area contributed by atoms with Crippen molar-refractivity contribution in [2.45, 2.75) is 20.0 Å². The summed E-state index contributed by atoms with van der Waals surface area (Å²) in [4.78, 5) is 11.9. The topological polar surface area (TPSA) is 50.4 Å². The molecule has 2 aromatic rings. The molecular weight excluding hydrogens is 300 g/mol. The van der Waals surface area contributed by atoms with Crippen LogP contribution in [-0.2, 0) is 13.1 Å². The standard InChI is InChI=1S/C20H22N2O2/c1-3-12-24-19-11-6-5-9-18(19)15-21-14-16-8-7-10-17(13-16)20(23)22-4-2/h1,5-11,13,21H,4,12,14-15H2,2H3,(H,22,23). The van der Waals surface area contributed by atoms with Crippen LogP contribution in [0.2, 0.25) is 0 Å². The minimum absolute atomic E-state index is 0.0487. The molecule has 0 aliphatic heterocycles. The molecule has 0 aliphatic carbocycles. The summed E-state index contributed by atoms with van der Waals surface area (Å²) >= 11 is 0. The number of benzene rings is 2. The molecule has 2 aromatic carbocycles. The smallest absolute Gasteiger partial charge is 0.251 e. The van der Waals surface area contributed by atoms with E-state index >= 15 is 0 Å². The quantitative estimate of drug-likeness (QED) is 0.735. The third-order valence-electron chi connectivity index (χ3n) is 3.45. The van der Waals surface area contributed by atoms with E-state index in [0.29, 0.717) is 25.2 Å². The van der Waals surface area contributed by atoms with E-state index in [9.17, 15) is 4.79 Å². The Morgan fingerprint density at radius 1 is 1.17 bits per heavy atom. The van der Waals surface area contributed by atoms with E-state index in [1.807, 2.05) is 55.5 Å². The average Bonchev–Trinajstić information content (AvgIpc) is 2.61. The second-order valence-corrected chi connectivity index (χ2v) is 5.26. The van der Waals surface area contributed by atoms with Crippen molar-refractivity contribution in [2.24, 2.45) is 0 Å². The fraction of sp³-hybridized carbons (Fsp3) is 0.250. The van der Waals surface area contributed by atoms with Gasteiger partial charge in [0.25, 0.3) is 5.91 Å². The van der Waals surface area contributed by atoms with Gasteiger partial charge in [-0.15, -0.1) is 6.42 Å². The van der Waals surface area contributed by atoms with Crippen LogP contribution in [-0.4, -0.2) is 19.1 Å². The van der Waals surface area contributed by atoms with Gasteiger partial charge in [-0.05, 0) is 30.7 Å². The van der Waals surface area contributed by atoms with Crippen LogP contribution in [0.5, 0.6) is 5.75 Å². The molecule has 0 bridgehead atoms. The first-order chi connectivity index (χ1) is 11.7. The van der Waals surface area contributed by atoms with Crippen molar-refractivity contribution in [3.63, 3.8) is 0 Å². The van der Waals surface area contributed by atoms with Gasteiger partial charge in [-0.2, -0.15) is 0 Å². The lowest BCUT2D eigenvalue weighted by Crippen LogP contribution is -2.23. The summed E-state index contributed by atoms with van der Waals surface area (Å²) in [6.07, 6.45) is 5.24. The van der Waals surface area contributed by atoms with E-state index in [1.165, 1.54) is 0 Å². The molecular formula is C20H22N2O2. The fourth-order valence-corrected chi connectivity index (χ4v) is 2.34. The Morgan fingerprint density at radius 2 is 2.00 bits per heavy atom. The highest BCUT2D eigenvalue weighted by atomic mass is 16.5. The van der Waals surface area contributed by atoms with Crippen LogP contribution in [0.4, 0.5) is 0 Å². The molecule has 0 heterocycles. The minimum atomic E-state index is -0.0487. The predicted octanol–water partition coefficient (Wildman–Crippen LogP) is 2.74. The fourth-order valence-electron chi connectivity index (χ4n) is 2.34. The van der Waals surface area contributed by atoms with Gasteiger partial charge in [-0.25, -0.2) is 0 Å². The maximum absolute atomic E-state index is 11.9. The highest BCUT2D eigenvalue weighted by Crippen LogP contribution is 2.17. The zero-order valence-electron chi connectivity index (χ0n) is 13.8. The lowest BCUT2D eigenvalue weighted by molar-refractivity contribution is 0.0955. The van der Waals surface area contributed by atoms with Gasteiger partial charge >= 0.3 is 0 Å². The van der Waals surface area contributed by atoms with Crippen molar-refractivity contribution in [1.29, 1.82) is 0 Å². The first-order valence-electron chi connectivity index (χ1n) is 7.96. The zero-order chi connectivity index (χ0) is 17.2. The largest absolute Gasteiger partial charge is 0.481 e. The van der Waals surface area contributed by atoms with Crippen LogP contribution < -0.4 is 15.4 Å². The summed E-state index contributed by atoms with van der Waals surface area (Å²) in [6.45, 7) is 4.10. The van der Waals surface area contributed by atoms with Crippen molar-refractivity contribution >= 4 is 5.91 Å². The van der Waals surface area contributed by atoms with E-state index in [0.717, 1.165) is 16.9 Å². The third kappa shape index (κ3) is 5.15. The molecule has 4 heteroatoms. The summed E-state index contributed by atoms with van der Waals surface area (Å²) in [6, 6.07) is 15.4. The molecule has 0 radical (unpaired) electrons. The molecule has 0 fully saturated rings. The average molecular weight is 322 g/mol. The number of rotatable bonds is 8. The van der Waals surface area contributed by atoms with Crippen LogP contribution in [0.3, 0.4) is 0 Å². The van der Waals surface area contributed by atoms with E-state index < -0.39 is 0 Å². The van der Waals surface area contributed by atoms with Crippen molar-refractivity contribution < 1.29 is 9.53 Å². The maximum Gasteiger partial charge on any atom is 0.251 e. The molecule has 2 rings (SSSR count). The number of hydrogen-bond donors (Lipinski definition) is 2. The number of terminal acetylenes is 1. The summed E-state index contributed by atoms with van der Waals surface area (Å²) < 4.78 is 5.54. The van der Waals surface area contributed by atoms with Crippen LogP contribution in [0, 0.1) is 12.3 Å². The van der Waals surface area contributed by atoms with Gasteiger partial charge in [-0.3, -0.25) is 4.79 Å². The van der Waals surface area contributed by atoms with Crippen molar-refractivity contribution in [2.75, 3.05) is 13.2 Å². The molecule has 0 saturated heterocycles. The van der Waals surface area contributed by atoms with Gasteiger partial charge in [-0.1, -0.05) is 36.3 Å². The number of carbonyl (C=O) groups excluding carboxylic acids is 1. The molecule has 124 valence electrons. The monoisotopic (exact) mass is 322 g/mol. The van der Waals surface area contributed by atoms with E-state index in [4.69, 9.17) is 11.2 Å². The molecule has 0 saturated carbocycles. The summed E-state index contributed by atoms with van der Waals surface area (Å²) in [5.74, 6) is 3.21. The van der Waals surface area contributed by atoms with Crippen molar-refractivity contribution in [1.82, 2.24) is 10.6 Å². The van der Waals surface area contributed by atoms with Crippen LogP contribution in [0.1, 0.15) is 28.4 Å². The molecule has 24 heavy (non-hydrogen) atoms. The lowest BCUT2D eigenvalue weighted by Gasteiger charge is -2.11. The molecule has 2 N–H and O–H groups in total. The molecule has 0 unspecified atom stereocenters. The molecule has 0 spiro atoms. The Balaban J connectivity index is 1.94.